The van der Waals surface area contributed by atoms with Gasteiger partial charge in [0.25, 0.3) is 0 Å². The lowest BCUT2D eigenvalue weighted by Gasteiger charge is -2.28. The summed E-state index contributed by atoms with van der Waals surface area (Å²) in [6, 6.07) is 0. The van der Waals surface area contributed by atoms with Crippen molar-refractivity contribution in [2.75, 3.05) is 40.3 Å². The standard InChI is InChI=1S/C11H24N2O/c1-10(14-3)8-13(2)9-11-5-4-6-12-7-11/h10-12H,4-9H2,1-3H3. The van der Waals surface area contributed by atoms with Gasteiger partial charge in [0.1, 0.15) is 0 Å². The summed E-state index contributed by atoms with van der Waals surface area (Å²) < 4.78 is 5.25. The summed E-state index contributed by atoms with van der Waals surface area (Å²) in [4.78, 5) is 2.38. The number of methoxy groups -OCH3 is 1. The van der Waals surface area contributed by atoms with E-state index in [0.29, 0.717) is 6.10 Å². The van der Waals surface area contributed by atoms with Crippen LogP contribution in [0.25, 0.3) is 0 Å². The molecule has 3 nitrogen and oxygen atoms in total. The summed E-state index contributed by atoms with van der Waals surface area (Å²) in [6.45, 7) is 6.74. The number of nitrogens with zero attached hydrogens (tertiary/aromatic N) is 1. The second-order valence-corrected chi connectivity index (χ2v) is 4.48. The Morgan fingerprint density at radius 1 is 1.57 bits per heavy atom. The number of likely N-dealkylation sites (N-methyl/N-ethyl adjacent to an activating group) is 1. The molecular formula is C11H24N2O. The fourth-order valence-corrected chi connectivity index (χ4v) is 2.11. The molecule has 0 amide bonds. The highest BCUT2D eigenvalue weighted by Crippen LogP contribution is 2.11. The van der Waals surface area contributed by atoms with Gasteiger partial charge in [-0.05, 0) is 45.8 Å². The van der Waals surface area contributed by atoms with Crippen LogP contribution in [0.5, 0.6) is 0 Å². The molecule has 14 heavy (non-hydrogen) atoms. The zero-order valence-corrected chi connectivity index (χ0v) is 9.75. The van der Waals surface area contributed by atoms with E-state index in [1.165, 1.54) is 32.5 Å². The predicted molar refractivity (Wildman–Crippen MR) is 59.6 cm³/mol. The van der Waals surface area contributed by atoms with Gasteiger partial charge in [-0.1, -0.05) is 0 Å². The number of rotatable bonds is 5. The third kappa shape index (κ3) is 4.40. The fraction of sp³-hybridized carbons (Fsp3) is 1.00. The molecule has 0 aromatic rings. The average molecular weight is 200 g/mol. The summed E-state index contributed by atoms with van der Waals surface area (Å²) in [5.74, 6) is 0.831. The maximum atomic E-state index is 5.25. The van der Waals surface area contributed by atoms with Crippen LogP contribution in [0.3, 0.4) is 0 Å². The smallest absolute Gasteiger partial charge is 0.0669 e. The quantitative estimate of drug-likeness (QED) is 0.715. The second kappa shape index (κ2) is 6.38. The van der Waals surface area contributed by atoms with Crippen molar-refractivity contribution in [3.8, 4) is 0 Å². The summed E-state index contributed by atoms with van der Waals surface area (Å²) in [5, 5.41) is 3.45. The van der Waals surface area contributed by atoms with Crippen LogP contribution >= 0.6 is 0 Å². The molecule has 3 heteroatoms. The van der Waals surface area contributed by atoms with Crippen LogP contribution < -0.4 is 5.32 Å². The lowest BCUT2D eigenvalue weighted by Crippen LogP contribution is -2.39. The SMILES string of the molecule is COC(C)CN(C)CC1CCCNC1. The van der Waals surface area contributed by atoms with Crippen molar-refractivity contribution in [1.29, 1.82) is 0 Å². The number of hydrogen-bond acceptors (Lipinski definition) is 3. The van der Waals surface area contributed by atoms with E-state index >= 15 is 0 Å². The third-order valence-electron chi connectivity index (χ3n) is 2.94. The van der Waals surface area contributed by atoms with Crippen molar-refractivity contribution in [3.05, 3.63) is 0 Å². The first-order valence-corrected chi connectivity index (χ1v) is 5.64. The molecule has 0 spiro atoms. The fourth-order valence-electron chi connectivity index (χ4n) is 2.11. The Labute approximate surface area is 87.8 Å². The van der Waals surface area contributed by atoms with Crippen molar-refractivity contribution in [3.63, 3.8) is 0 Å². The summed E-state index contributed by atoms with van der Waals surface area (Å²) in [6.07, 6.45) is 3.05. The van der Waals surface area contributed by atoms with Gasteiger partial charge in [0.2, 0.25) is 0 Å². The van der Waals surface area contributed by atoms with E-state index in [1.54, 1.807) is 7.11 Å². The van der Waals surface area contributed by atoms with E-state index in [0.717, 1.165) is 12.5 Å². The van der Waals surface area contributed by atoms with Gasteiger partial charge in [-0.2, -0.15) is 0 Å². The molecule has 0 aromatic heterocycles. The van der Waals surface area contributed by atoms with Gasteiger partial charge < -0.3 is 15.0 Å². The first-order valence-electron chi connectivity index (χ1n) is 5.64. The highest BCUT2D eigenvalue weighted by Gasteiger charge is 2.15. The molecular weight excluding hydrogens is 176 g/mol. The Kier molecular flexibility index (Phi) is 5.45. The van der Waals surface area contributed by atoms with Crippen molar-refractivity contribution in [1.82, 2.24) is 10.2 Å². The summed E-state index contributed by atoms with van der Waals surface area (Å²) >= 11 is 0. The molecule has 2 atom stereocenters. The molecule has 1 saturated heterocycles. The van der Waals surface area contributed by atoms with Gasteiger partial charge >= 0.3 is 0 Å². The lowest BCUT2D eigenvalue weighted by atomic mass is 9.99. The minimum atomic E-state index is 0.344. The van der Waals surface area contributed by atoms with Crippen LogP contribution in [0, 0.1) is 5.92 Å². The number of hydrogen-bond donors (Lipinski definition) is 1. The predicted octanol–water partition coefficient (Wildman–Crippen LogP) is 0.953. The Morgan fingerprint density at radius 2 is 2.36 bits per heavy atom. The third-order valence-corrected chi connectivity index (χ3v) is 2.94. The maximum absolute atomic E-state index is 5.25. The van der Waals surface area contributed by atoms with Gasteiger partial charge in [-0.3, -0.25) is 0 Å². The van der Waals surface area contributed by atoms with Crippen molar-refractivity contribution >= 4 is 0 Å². The van der Waals surface area contributed by atoms with Crippen molar-refractivity contribution in [2.45, 2.75) is 25.9 Å². The largest absolute Gasteiger partial charge is 0.380 e. The Hall–Kier alpha value is -0.120. The molecule has 1 heterocycles. The lowest BCUT2D eigenvalue weighted by molar-refractivity contribution is 0.0790. The Morgan fingerprint density at radius 3 is 2.93 bits per heavy atom. The molecule has 1 rings (SSSR count). The van der Waals surface area contributed by atoms with Gasteiger partial charge in [0.15, 0.2) is 0 Å². The molecule has 1 aliphatic heterocycles. The van der Waals surface area contributed by atoms with Crippen LogP contribution in [-0.2, 0) is 4.74 Å². The normalized spacial score (nSPS) is 25.3. The highest BCUT2D eigenvalue weighted by atomic mass is 16.5. The molecule has 84 valence electrons. The van der Waals surface area contributed by atoms with Gasteiger partial charge in [0, 0.05) is 20.2 Å². The van der Waals surface area contributed by atoms with Gasteiger partial charge in [-0.15, -0.1) is 0 Å². The molecule has 0 aromatic carbocycles. The van der Waals surface area contributed by atoms with Gasteiger partial charge in [-0.25, -0.2) is 0 Å². The summed E-state index contributed by atoms with van der Waals surface area (Å²) in [7, 11) is 3.96. The molecule has 1 fully saturated rings. The van der Waals surface area contributed by atoms with E-state index < -0.39 is 0 Å². The zero-order valence-electron chi connectivity index (χ0n) is 9.75. The maximum Gasteiger partial charge on any atom is 0.0669 e. The van der Waals surface area contributed by atoms with Gasteiger partial charge in [0.05, 0.1) is 6.10 Å². The van der Waals surface area contributed by atoms with Crippen LogP contribution in [-0.4, -0.2) is 51.3 Å². The molecule has 2 unspecified atom stereocenters. The monoisotopic (exact) mass is 200 g/mol. The molecule has 0 saturated carbocycles. The van der Waals surface area contributed by atoms with E-state index in [1.807, 2.05) is 0 Å². The topological polar surface area (TPSA) is 24.5 Å². The summed E-state index contributed by atoms with van der Waals surface area (Å²) in [5.41, 5.74) is 0. The van der Waals surface area contributed by atoms with Crippen LogP contribution in [0.4, 0.5) is 0 Å². The van der Waals surface area contributed by atoms with Crippen molar-refractivity contribution < 1.29 is 4.74 Å². The van der Waals surface area contributed by atoms with Crippen LogP contribution in [0.15, 0.2) is 0 Å². The first-order chi connectivity index (χ1) is 6.72. The molecule has 1 aliphatic rings. The number of piperidine rings is 1. The molecule has 1 N–H and O–H groups in total. The zero-order chi connectivity index (χ0) is 10.4. The second-order valence-electron chi connectivity index (χ2n) is 4.48. The van der Waals surface area contributed by atoms with E-state index in [4.69, 9.17) is 4.74 Å². The van der Waals surface area contributed by atoms with Crippen molar-refractivity contribution in [2.24, 2.45) is 5.92 Å². The van der Waals surface area contributed by atoms with E-state index in [-0.39, 0.29) is 0 Å². The average Bonchev–Trinajstić information content (AvgIpc) is 2.19. The van der Waals surface area contributed by atoms with Crippen LogP contribution in [0.2, 0.25) is 0 Å². The first kappa shape index (κ1) is 12.0. The minimum absolute atomic E-state index is 0.344. The Bertz CT molecular complexity index is 146. The minimum Gasteiger partial charge on any atom is -0.380 e. The molecule has 0 radical (unpaired) electrons. The van der Waals surface area contributed by atoms with E-state index in [9.17, 15) is 0 Å². The Balaban J connectivity index is 2.14. The molecule has 0 aliphatic carbocycles. The molecule has 0 bridgehead atoms. The number of nitrogens with one attached hydrogen (secondary N) is 1. The number of ether oxygens (including phenoxy) is 1. The highest BCUT2D eigenvalue weighted by molar-refractivity contribution is 4.72. The van der Waals surface area contributed by atoms with E-state index in [2.05, 4.69) is 24.2 Å². The van der Waals surface area contributed by atoms with Crippen LogP contribution in [0.1, 0.15) is 19.8 Å².